The Labute approximate surface area is 327 Å². The van der Waals surface area contributed by atoms with Gasteiger partial charge in [0.1, 0.15) is 11.4 Å². The van der Waals surface area contributed by atoms with Crippen molar-refractivity contribution < 1.29 is 23.2 Å². The van der Waals surface area contributed by atoms with Gasteiger partial charge in [-0.2, -0.15) is 0 Å². The van der Waals surface area contributed by atoms with E-state index in [4.69, 9.17) is 25.8 Å². The number of nitrogens with one attached hydrogen (secondary N) is 1. The number of anilines is 1. The van der Waals surface area contributed by atoms with Crippen LogP contribution >= 0.6 is 11.6 Å². The highest BCUT2D eigenvalue weighted by Gasteiger charge is 2.50. The fourth-order valence-electron chi connectivity index (χ4n) is 10.4. The average molecular weight is 779 g/mol. The van der Waals surface area contributed by atoms with Crippen LogP contribution in [0.5, 0.6) is 5.75 Å². The van der Waals surface area contributed by atoms with E-state index in [0.717, 1.165) is 108 Å². The summed E-state index contributed by atoms with van der Waals surface area (Å²) in [5.41, 5.74) is 3.25. The summed E-state index contributed by atoms with van der Waals surface area (Å²) in [6.45, 7) is 14.8. The Morgan fingerprint density at radius 3 is 2.74 bits per heavy atom. The smallest absolute Gasteiger partial charge is 0.262 e. The fourth-order valence-corrected chi connectivity index (χ4v) is 12.2. The number of hydrogen-bond donors (Lipinski definition) is 1. The molecule has 3 fully saturated rings. The standard InChI is InChI=1S/C43H59ClN4O5S/c1-29-14-16-43(51-4,27-46-17-18-47-19-20-52-25-36(47)24-46)38-11-8-34(38)23-48-26-42(15-6-7-32-21-35(44)10-12-37(32)42)28-53-40-13-9-33(22-39(40)48)41(49)45-54(5,50)31(3)30(29)2/h9-10,12-14,16,21-22,29-31,34,36,38H,5-8,11,15,17-20,23-28H2,1-4H3,(H,45,49,50)/b16-14+/t29-,30-,31+,34-,36-,38+,42-,43-,54?/m0/s1. The van der Waals surface area contributed by atoms with Gasteiger partial charge in [0.15, 0.2) is 0 Å². The Morgan fingerprint density at radius 2 is 1.94 bits per heavy atom. The van der Waals surface area contributed by atoms with Crippen LogP contribution in [0.15, 0.2) is 48.6 Å². The number of nitrogens with zero attached hydrogens (tertiary/aromatic N) is 3. The van der Waals surface area contributed by atoms with Crippen molar-refractivity contribution in [2.24, 2.45) is 23.7 Å². The number of allylic oxidation sites excluding steroid dienone is 1. The third-order valence-electron chi connectivity index (χ3n) is 14.3. The van der Waals surface area contributed by atoms with Crippen molar-refractivity contribution in [3.63, 3.8) is 0 Å². The van der Waals surface area contributed by atoms with Gasteiger partial charge in [0, 0.05) is 80.2 Å². The van der Waals surface area contributed by atoms with E-state index in [9.17, 15) is 9.00 Å². The molecule has 2 aromatic rings. The Balaban J connectivity index is 1.20. The minimum Gasteiger partial charge on any atom is -0.490 e. The summed E-state index contributed by atoms with van der Waals surface area (Å²) in [4.78, 5) is 21.6. The predicted molar refractivity (Wildman–Crippen MR) is 218 cm³/mol. The molecule has 4 aliphatic heterocycles. The van der Waals surface area contributed by atoms with Crippen molar-refractivity contribution in [2.45, 2.75) is 75.2 Å². The molecule has 1 spiro atoms. The SMILES string of the molecule is C=S1(=O)NC(=O)c2ccc3c(c2)N(C[C@@H]2CC[C@H]2[C@](CN2CCN4CCOC[C@@H]4C2)(OC)/C=C/[C@H](C)[C@H](C)[C@H]1C)C[C@@]1(CCCc2cc(Cl)ccc21)CO3. The lowest BCUT2D eigenvalue weighted by Gasteiger charge is -2.53. The third kappa shape index (κ3) is 7.13. The quantitative estimate of drug-likeness (QED) is 0.308. The normalized spacial score (nSPS) is 38.2. The summed E-state index contributed by atoms with van der Waals surface area (Å²) in [6, 6.07) is 12.4. The number of carbonyl (C=O) groups is 1. The molecule has 0 radical (unpaired) electrons. The molecule has 2 saturated heterocycles. The summed E-state index contributed by atoms with van der Waals surface area (Å²) in [6.07, 6.45) is 9.90. The first-order chi connectivity index (χ1) is 25.9. The van der Waals surface area contributed by atoms with Crippen LogP contribution in [0.2, 0.25) is 5.02 Å². The predicted octanol–water partition coefficient (Wildman–Crippen LogP) is 5.83. The zero-order chi connectivity index (χ0) is 37.8. The van der Waals surface area contributed by atoms with Crippen molar-refractivity contribution >= 4 is 38.8 Å². The van der Waals surface area contributed by atoms with E-state index in [1.807, 2.05) is 32.2 Å². The number of ether oxygens (including phenoxy) is 3. The Bertz CT molecular complexity index is 1870. The molecule has 6 aliphatic rings. The van der Waals surface area contributed by atoms with Gasteiger partial charge in [0.25, 0.3) is 5.91 Å². The molecule has 8 rings (SSSR count). The molecule has 9 atom stereocenters. The largest absolute Gasteiger partial charge is 0.490 e. The zero-order valence-electron chi connectivity index (χ0n) is 32.6. The van der Waals surface area contributed by atoms with E-state index in [2.05, 4.69) is 63.4 Å². The van der Waals surface area contributed by atoms with Gasteiger partial charge < -0.3 is 19.1 Å². The van der Waals surface area contributed by atoms with Crippen molar-refractivity contribution in [2.75, 3.05) is 77.6 Å². The van der Waals surface area contributed by atoms with Crippen molar-refractivity contribution in [3.8, 4) is 5.75 Å². The second-order valence-corrected chi connectivity index (χ2v) is 20.2. The lowest BCUT2D eigenvalue weighted by molar-refractivity contribution is -0.108. The molecular weight excluding hydrogens is 720 g/mol. The molecule has 2 aromatic carbocycles. The molecule has 2 bridgehead atoms. The number of benzene rings is 2. The van der Waals surface area contributed by atoms with Gasteiger partial charge in [-0.05, 0) is 110 Å². The van der Waals surface area contributed by atoms with Crippen LogP contribution < -0.4 is 14.4 Å². The number of aryl methyl sites for hydroxylation is 1. The first kappa shape index (κ1) is 38.3. The van der Waals surface area contributed by atoms with Gasteiger partial charge in [0.05, 0.1) is 35.2 Å². The highest BCUT2D eigenvalue weighted by Crippen LogP contribution is 2.49. The van der Waals surface area contributed by atoms with Gasteiger partial charge in [-0.15, -0.1) is 0 Å². The number of halogens is 1. The first-order valence-electron chi connectivity index (χ1n) is 20.2. The number of fused-ring (bicyclic) bond motifs is 5. The van der Waals surface area contributed by atoms with Crippen LogP contribution in [0, 0.1) is 23.7 Å². The zero-order valence-corrected chi connectivity index (χ0v) is 34.1. The van der Waals surface area contributed by atoms with Gasteiger partial charge in [-0.1, -0.05) is 43.7 Å². The number of hydrogen-bond acceptors (Lipinski definition) is 8. The monoisotopic (exact) mass is 778 g/mol. The van der Waals surface area contributed by atoms with Crippen molar-refractivity contribution in [3.05, 3.63) is 70.3 Å². The van der Waals surface area contributed by atoms with Crippen molar-refractivity contribution in [1.29, 1.82) is 0 Å². The molecule has 294 valence electrons. The van der Waals surface area contributed by atoms with Crippen LogP contribution in [-0.2, 0) is 31.0 Å². The summed E-state index contributed by atoms with van der Waals surface area (Å²) < 4.78 is 36.6. The second kappa shape index (κ2) is 15.1. The van der Waals surface area contributed by atoms with Crippen LogP contribution in [0.3, 0.4) is 0 Å². The minimum atomic E-state index is -2.99. The lowest BCUT2D eigenvalue weighted by Crippen LogP contribution is -2.62. The number of morpholine rings is 1. The van der Waals surface area contributed by atoms with Crippen LogP contribution in [0.25, 0.3) is 0 Å². The van der Waals surface area contributed by atoms with E-state index >= 15 is 0 Å². The maximum absolute atomic E-state index is 14.2. The Kier molecular flexibility index (Phi) is 10.7. The topological polar surface area (TPSA) is 83.6 Å². The maximum atomic E-state index is 14.2. The van der Waals surface area contributed by atoms with Crippen molar-refractivity contribution in [1.82, 2.24) is 14.5 Å². The number of carbonyl (C=O) groups excluding carboxylic acids is 1. The lowest BCUT2D eigenvalue weighted by atomic mass is 9.63. The highest BCUT2D eigenvalue weighted by molar-refractivity contribution is 7.99. The molecule has 9 nitrogen and oxygen atoms in total. The Hall–Kier alpha value is -2.60. The number of methoxy groups -OCH3 is 1. The fraction of sp³-hybridized carbons (Fsp3) is 0.628. The molecule has 54 heavy (non-hydrogen) atoms. The van der Waals surface area contributed by atoms with Gasteiger partial charge in [-0.25, -0.2) is 4.21 Å². The molecule has 1 amide bonds. The van der Waals surface area contributed by atoms with E-state index < -0.39 is 15.3 Å². The van der Waals surface area contributed by atoms with Crippen LogP contribution in [0.4, 0.5) is 5.69 Å². The number of rotatable bonds is 3. The molecule has 1 N–H and O–H groups in total. The van der Waals surface area contributed by atoms with Crippen LogP contribution in [0.1, 0.15) is 67.9 Å². The summed E-state index contributed by atoms with van der Waals surface area (Å²) in [5.74, 6) is 5.25. The maximum Gasteiger partial charge on any atom is 0.262 e. The molecule has 1 saturated carbocycles. The van der Waals surface area contributed by atoms with Crippen LogP contribution in [-0.4, -0.2) is 115 Å². The van der Waals surface area contributed by atoms with E-state index in [1.165, 1.54) is 11.1 Å². The summed E-state index contributed by atoms with van der Waals surface area (Å²) in [7, 11) is -1.10. The molecule has 0 aromatic heterocycles. The molecule has 4 heterocycles. The van der Waals surface area contributed by atoms with Gasteiger partial charge in [-0.3, -0.25) is 19.3 Å². The molecule has 1 unspecified atom stereocenters. The molecule has 2 aliphatic carbocycles. The average Bonchev–Trinajstić information content (AvgIpc) is 3.30. The second-order valence-electron chi connectivity index (χ2n) is 17.3. The highest BCUT2D eigenvalue weighted by atomic mass is 35.5. The first-order valence-corrected chi connectivity index (χ1v) is 22.3. The number of amides is 1. The summed E-state index contributed by atoms with van der Waals surface area (Å²) >= 11 is 6.53. The third-order valence-corrected chi connectivity index (χ3v) is 16.7. The van der Waals surface area contributed by atoms with Gasteiger partial charge in [0.2, 0.25) is 0 Å². The molecular formula is C43H59ClN4O5S. The van der Waals surface area contributed by atoms with Gasteiger partial charge >= 0.3 is 0 Å². The molecule has 11 heteroatoms. The van der Waals surface area contributed by atoms with E-state index in [-0.39, 0.29) is 34.3 Å². The minimum absolute atomic E-state index is 0.00508. The summed E-state index contributed by atoms with van der Waals surface area (Å²) in [5, 5.41) is 0.408. The Morgan fingerprint density at radius 1 is 1.09 bits per heavy atom. The van der Waals surface area contributed by atoms with E-state index in [1.54, 1.807) is 6.07 Å². The number of piperazine rings is 1. The van der Waals surface area contributed by atoms with E-state index in [0.29, 0.717) is 24.1 Å².